The minimum atomic E-state index is -0.160. The largest absolute Gasteiger partial charge is 0.373 e. The zero-order valence-corrected chi connectivity index (χ0v) is 13.0. The molecule has 1 aromatic carbocycles. The van der Waals surface area contributed by atoms with Gasteiger partial charge in [-0.25, -0.2) is 0 Å². The summed E-state index contributed by atoms with van der Waals surface area (Å²) < 4.78 is 5.99. The first-order chi connectivity index (χ1) is 9.07. The van der Waals surface area contributed by atoms with Gasteiger partial charge in [0.05, 0.1) is 21.7 Å². The first-order valence-corrected chi connectivity index (χ1v) is 7.64. The van der Waals surface area contributed by atoms with Crippen LogP contribution in [0.15, 0.2) is 18.2 Å². The van der Waals surface area contributed by atoms with Crippen LogP contribution in [0.2, 0.25) is 10.0 Å². The minimum absolute atomic E-state index is 0.157. The Balaban J connectivity index is 2.28. The molecule has 1 saturated heterocycles. The highest BCUT2D eigenvalue weighted by molar-refractivity contribution is 6.42. The number of benzene rings is 1. The van der Waals surface area contributed by atoms with E-state index in [1.54, 1.807) is 0 Å². The van der Waals surface area contributed by atoms with Crippen molar-refractivity contribution in [2.75, 3.05) is 13.2 Å². The molecule has 1 aliphatic heterocycles. The van der Waals surface area contributed by atoms with E-state index in [1.807, 2.05) is 18.2 Å². The normalized spacial score (nSPS) is 24.6. The zero-order chi connectivity index (χ0) is 13.9. The second kappa shape index (κ2) is 6.45. The zero-order valence-electron chi connectivity index (χ0n) is 11.5. The molecule has 1 aliphatic rings. The first-order valence-electron chi connectivity index (χ1n) is 6.89. The molecule has 1 fully saturated rings. The van der Waals surface area contributed by atoms with E-state index in [1.165, 1.54) is 0 Å². The van der Waals surface area contributed by atoms with Crippen LogP contribution in [-0.4, -0.2) is 18.8 Å². The molecular weight excluding hydrogens is 281 g/mol. The second-order valence-corrected chi connectivity index (χ2v) is 6.14. The van der Waals surface area contributed by atoms with Gasteiger partial charge in [0.15, 0.2) is 0 Å². The third kappa shape index (κ3) is 3.43. The van der Waals surface area contributed by atoms with Gasteiger partial charge < -0.3 is 10.1 Å². The van der Waals surface area contributed by atoms with E-state index < -0.39 is 0 Å². The van der Waals surface area contributed by atoms with E-state index in [0.717, 1.165) is 38.0 Å². The third-order valence-electron chi connectivity index (χ3n) is 3.74. The van der Waals surface area contributed by atoms with Gasteiger partial charge in [-0.15, -0.1) is 0 Å². The number of hydrogen-bond donors (Lipinski definition) is 1. The average Bonchev–Trinajstić information content (AvgIpc) is 2.82. The Kier molecular flexibility index (Phi) is 5.13. The van der Waals surface area contributed by atoms with Crippen LogP contribution in [0.3, 0.4) is 0 Å². The van der Waals surface area contributed by atoms with Gasteiger partial charge in [-0.05, 0) is 50.4 Å². The monoisotopic (exact) mass is 301 g/mol. The molecule has 1 heterocycles. The van der Waals surface area contributed by atoms with Crippen LogP contribution < -0.4 is 5.32 Å². The van der Waals surface area contributed by atoms with Crippen molar-refractivity contribution in [2.24, 2.45) is 0 Å². The molecule has 2 rings (SSSR count). The highest BCUT2D eigenvalue weighted by atomic mass is 35.5. The van der Waals surface area contributed by atoms with Crippen LogP contribution in [-0.2, 0) is 4.74 Å². The molecule has 0 bridgehead atoms. The summed E-state index contributed by atoms with van der Waals surface area (Å²) in [6.45, 7) is 6.14. The molecule has 0 radical (unpaired) electrons. The van der Waals surface area contributed by atoms with Crippen molar-refractivity contribution in [2.45, 2.75) is 44.8 Å². The number of ether oxygens (including phenoxy) is 1. The van der Waals surface area contributed by atoms with Crippen LogP contribution in [0.5, 0.6) is 0 Å². The molecule has 0 amide bonds. The molecule has 0 aliphatic carbocycles. The van der Waals surface area contributed by atoms with Crippen molar-refractivity contribution in [3.8, 4) is 0 Å². The van der Waals surface area contributed by atoms with Gasteiger partial charge in [0, 0.05) is 6.61 Å². The summed E-state index contributed by atoms with van der Waals surface area (Å²) in [6.07, 6.45) is 3.27. The smallest absolute Gasteiger partial charge is 0.0849 e. The predicted octanol–water partition coefficient (Wildman–Crippen LogP) is 4.60. The van der Waals surface area contributed by atoms with Crippen molar-refractivity contribution < 1.29 is 4.74 Å². The van der Waals surface area contributed by atoms with Gasteiger partial charge in [-0.2, -0.15) is 0 Å². The van der Waals surface area contributed by atoms with Gasteiger partial charge in [0.2, 0.25) is 0 Å². The van der Waals surface area contributed by atoms with Crippen LogP contribution in [0.4, 0.5) is 0 Å². The van der Waals surface area contributed by atoms with Gasteiger partial charge in [-0.3, -0.25) is 0 Å². The lowest BCUT2D eigenvalue weighted by atomic mass is 9.87. The third-order valence-corrected chi connectivity index (χ3v) is 4.47. The molecule has 4 heteroatoms. The highest BCUT2D eigenvalue weighted by Gasteiger charge is 2.39. The maximum Gasteiger partial charge on any atom is 0.0849 e. The summed E-state index contributed by atoms with van der Waals surface area (Å²) in [4.78, 5) is 0. The molecular formula is C15H21Cl2NO. The number of nitrogens with one attached hydrogen (secondary N) is 1. The molecule has 19 heavy (non-hydrogen) atoms. The first kappa shape index (κ1) is 15.1. The second-order valence-electron chi connectivity index (χ2n) is 5.33. The van der Waals surface area contributed by atoms with Crippen LogP contribution >= 0.6 is 23.2 Å². The summed E-state index contributed by atoms with van der Waals surface area (Å²) in [5.41, 5.74) is 0.985. The molecule has 0 spiro atoms. The van der Waals surface area contributed by atoms with Crippen LogP contribution in [0.1, 0.15) is 44.7 Å². The predicted molar refractivity (Wildman–Crippen MR) is 81.1 cm³/mol. The summed E-state index contributed by atoms with van der Waals surface area (Å²) in [5, 5.41) is 4.78. The topological polar surface area (TPSA) is 21.3 Å². The summed E-state index contributed by atoms with van der Waals surface area (Å²) in [5.74, 6) is 0. The van der Waals surface area contributed by atoms with Gasteiger partial charge in [0.1, 0.15) is 0 Å². The fourth-order valence-electron chi connectivity index (χ4n) is 2.70. The lowest BCUT2D eigenvalue weighted by Gasteiger charge is -2.34. The van der Waals surface area contributed by atoms with Gasteiger partial charge >= 0.3 is 0 Å². The van der Waals surface area contributed by atoms with E-state index in [4.69, 9.17) is 27.9 Å². The van der Waals surface area contributed by atoms with Crippen LogP contribution in [0.25, 0.3) is 0 Å². The fourth-order valence-corrected chi connectivity index (χ4v) is 3.00. The number of halogens is 2. The van der Waals surface area contributed by atoms with Crippen molar-refractivity contribution in [3.63, 3.8) is 0 Å². The maximum atomic E-state index is 6.14. The van der Waals surface area contributed by atoms with E-state index in [0.29, 0.717) is 10.0 Å². The van der Waals surface area contributed by atoms with Crippen molar-refractivity contribution in [3.05, 3.63) is 33.8 Å². The quantitative estimate of drug-likeness (QED) is 0.858. The molecule has 2 unspecified atom stereocenters. The fraction of sp³-hybridized carbons (Fsp3) is 0.600. The lowest BCUT2D eigenvalue weighted by Crippen LogP contribution is -2.41. The Hall–Kier alpha value is -0.280. The van der Waals surface area contributed by atoms with E-state index in [-0.39, 0.29) is 11.6 Å². The molecule has 0 saturated carbocycles. The lowest BCUT2D eigenvalue weighted by molar-refractivity contribution is -0.0124. The molecule has 2 nitrogen and oxygen atoms in total. The Morgan fingerprint density at radius 1 is 1.37 bits per heavy atom. The Labute approximate surface area is 125 Å². The Morgan fingerprint density at radius 2 is 2.16 bits per heavy atom. The van der Waals surface area contributed by atoms with Crippen molar-refractivity contribution in [1.82, 2.24) is 5.32 Å². The molecule has 2 atom stereocenters. The summed E-state index contributed by atoms with van der Waals surface area (Å²) in [6, 6.07) is 6.00. The summed E-state index contributed by atoms with van der Waals surface area (Å²) in [7, 11) is 0. The maximum absolute atomic E-state index is 6.14. The van der Waals surface area contributed by atoms with E-state index in [2.05, 4.69) is 19.2 Å². The van der Waals surface area contributed by atoms with Crippen LogP contribution in [0, 0.1) is 0 Å². The number of rotatable bonds is 5. The molecule has 106 valence electrons. The minimum Gasteiger partial charge on any atom is -0.373 e. The molecule has 0 aromatic heterocycles. The average molecular weight is 302 g/mol. The SMILES string of the molecule is CCCNC(c1ccc(Cl)c(Cl)c1)C1(C)CCCO1. The standard InChI is InChI=1S/C15H21Cl2NO/c1-3-8-18-14(15(2)7-4-9-19-15)11-5-6-12(16)13(17)10-11/h5-6,10,14,18H,3-4,7-9H2,1-2H3. The van der Waals surface area contributed by atoms with Crippen molar-refractivity contribution >= 4 is 23.2 Å². The highest BCUT2D eigenvalue weighted by Crippen LogP contribution is 2.38. The van der Waals surface area contributed by atoms with Gasteiger partial charge in [0.25, 0.3) is 0 Å². The summed E-state index contributed by atoms with van der Waals surface area (Å²) >= 11 is 12.1. The molecule has 1 aromatic rings. The Bertz CT molecular complexity index is 430. The van der Waals surface area contributed by atoms with E-state index in [9.17, 15) is 0 Å². The number of hydrogen-bond acceptors (Lipinski definition) is 2. The van der Waals surface area contributed by atoms with Gasteiger partial charge in [-0.1, -0.05) is 36.2 Å². The van der Waals surface area contributed by atoms with Crippen molar-refractivity contribution in [1.29, 1.82) is 0 Å². The Morgan fingerprint density at radius 3 is 2.74 bits per heavy atom. The molecule has 1 N–H and O–H groups in total. The van der Waals surface area contributed by atoms with E-state index >= 15 is 0 Å².